The van der Waals surface area contributed by atoms with Gasteiger partial charge in [0.05, 0.1) is 6.54 Å². The van der Waals surface area contributed by atoms with Crippen molar-refractivity contribution in [3.8, 4) is 0 Å². The Labute approximate surface area is 175 Å². The summed E-state index contributed by atoms with van der Waals surface area (Å²) in [5, 5.41) is 4.09. The monoisotopic (exact) mass is 426 g/mol. The van der Waals surface area contributed by atoms with Crippen molar-refractivity contribution >= 4 is 17.1 Å². The number of fused-ring (bicyclic) bond motifs is 1. The second-order valence-electron chi connectivity index (χ2n) is 7.07. The molecule has 4 heterocycles. The van der Waals surface area contributed by atoms with E-state index in [0.717, 1.165) is 12.8 Å². The number of unbranched alkanes of at least 4 members (excludes halogenated alkanes) is 1. The third-order valence-electron chi connectivity index (χ3n) is 4.91. The Morgan fingerprint density at radius 3 is 2.87 bits per heavy atom. The SMILES string of the molecule is CCCCn1c(=O)[nH]c(=O)c2c1nc(COC(=O)c1ccc(Cn3cccn3)o1)n2C. The molecule has 0 amide bonds. The molecule has 0 saturated heterocycles. The van der Waals surface area contributed by atoms with Crippen LogP contribution in [0, 0.1) is 0 Å². The van der Waals surface area contributed by atoms with Gasteiger partial charge in [0.2, 0.25) is 5.76 Å². The van der Waals surface area contributed by atoms with Crippen LogP contribution in [0.3, 0.4) is 0 Å². The van der Waals surface area contributed by atoms with Gasteiger partial charge in [-0.3, -0.25) is 19.0 Å². The third kappa shape index (κ3) is 4.06. The first kappa shape index (κ1) is 20.4. The predicted octanol–water partition coefficient (Wildman–Crippen LogP) is 1.42. The molecule has 0 fully saturated rings. The molecule has 11 nitrogen and oxygen atoms in total. The number of hydrogen-bond acceptors (Lipinski definition) is 7. The first-order valence-electron chi connectivity index (χ1n) is 9.89. The smallest absolute Gasteiger partial charge is 0.374 e. The van der Waals surface area contributed by atoms with Gasteiger partial charge in [-0.05, 0) is 24.6 Å². The number of carbonyl (C=O) groups excluding carboxylic acids is 1. The standard InChI is InChI=1S/C20H22N6O5/c1-3-4-10-26-17-16(18(27)23-20(26)29)24(2)15(22-17)12-30-19(28)14-7-6-13(31-14)11-25-9-5-8-21-25/h5-9H,3-4,10-12H2,1-2H3,(H,23,27,29). The average Bonchev–Trinajstić information content (AvgIpc) is 3.48. The normalized spacial score (nSPS) is 11.3. The molecule has 0 aliphatic heterocycles. The zero-order chi connectivity index (χ0) is 22.0. The first-order chi connectivity index (χ1) is 15.0. The molecule has 0 unspecified atom stereocenters. The third-order valence-corrected chi connectivity index (χ3v) is 4.91. The summed E-state index contributed by atoms with van der Waals surface area (Å²) in [5.74, 6) is 0.299. The summed E-state index contributed by atoms with van der Waals surface area (Å²) >= 11 is 0. The Morgan fingerprint density at radius 2 is 2.13 bits per heavy atom. The summed E-state index contributed by atoms with van der Waals surface area (Å²) in [7, 11) is 1.64. The van der Waals surface area contributed by atoms with Crippen LogP contribution in [0.2, 0.25) is 0 Å². The quantitative estimate of drug-likeness (QED) is 0.422. The number of nitrogens with one attached hydrogen (secondary N) is 1. The fourth-order valence-corrected chi connectivity index (χ4v) is 3.27. The van der Waals surface area contributed by atoms with Gasteiger partial charge in [0.1, 0.15) is 18.2 Å². The highest BCUT2D eigenvalue weighted by Gasteiger charge is 2.19. The van der Waals surface area contributed by atoms with Crippen LogP contribution in [-0.4, -0.2) is 34.9 Å². The van der Waals surface area contributed by atoms with Gasteiger partial charge in [-0.15, -0.1) is 0 Å². The van der Waals surface area contributed by atoms with Gasteiger partial charge < -0.3 is 13.7 Å². The number of carbonyl (C=O) groups is 1. The zero-order valence-electron chi connectivity index (χ0n) is 17.2. The highest BCUT2D eigenvalue weighted by atomic mass is 16.5. The fourth-order valence-electron chi connectivity index (χ4n) is 3.27. The van der Waals surface area contributed by atoms with Crippen LogP contribution in [0.4, 0.5) is 0 Å². The van der Waals surface area contributed by atoms with Crippen molar-refractivity contribution in [3.05, 3.63) is 68.8 Å². The van der Waals surface area contributed by atoms with E-state index in [1.807, 2.05) is 6.92 Å². The molecule has 0 aliphatic rings. The lowest BCUT2D eigenvalue weighted by Gasteiger charge is -2.04. The number of hydrogen-bond donors (Lipinski definition) is 1. The van der Waals surface area contributed by atoms with Gasteiger partial charge in [0.25, 0.3) is 5.56 Å². The number of imidazole rings is 1. The summed E-state index contributed by atoms with van der Waals surface area (Å²) in [4.78, 5) is 43.6. The predicted molar refractivity (Wildman–Crippen MR) is 110 cm³/mol. The molecule has 0 spiro atoms. The molecule has 4 aromatic heterocycles. The molecular weight excluding hydrogens is 404 g/mol. The van der Waals surface area contributed by atoms with Crippen LogP contribution in [0.25, 0.3) is 11.2 Å². The largest absolute Gasteiger partial charge is 0.452 e. The van der Waals surface area contributed by atoms with Crippen molar-refractivity contribution in [2.45, 2.75) is 39.5 Å². The lowest BCUT2D eigenvalue weighted by atomic mass is 10.3. The summed E-state index contributed by atoms with van der Waals surface area (Å²) in [5.41, 5.74) is -0.515. The van der Waals surface area contributed by atoms with Gasteiger partial charge in [-0.1, -0.05) is 13.3 Å². The lowest BCUT2D eigenvalue weighted by molar-refractivity contribution is 0.0421. The molecule has 0 aromatic carbocycles. The highest BCUT2D eigenvalue weighted by molar-refractivity contribution is 5.86. The van der Waals surface area contributed by atoms with Gasteiger partial charge in [0, 0.05) is 26.0 Å². The van der Waals surface area contributed by atoms with Crippen LogP contribution in [0.5, 0.6) is 0 Å². The van der Waals surface area contributed by atoms with E-state index in [0.29, 0.717) is 24.7 Å². The molecule has 162 valence electrons. The van der Waals surface area contributed by atoms with Gasteiger partial charge in [-0.25, -0.2) is 14.6 Å². The lowest BCUT2D eigenvalue weighted by Crippen LogP contribution is -2.31. The molecule has 11 heteroatoms. The summed E-state index contributed by atoms with van der Waals surface area (Å²) < 4.78 is 15.5. The van der Waals surface area contributed by atoms with Crippen molar-refractivity contribution in [2.75, 3.05) is 0 Å². The molecule has 0 aliphatic carbocycles. The Balaban J connectivity index is 1.52. The van der Waals surface area contributed by atoms with Gasteiger partial charge >= 0.3 is 11.7 Å². The van der Waals surface area contributed by atoms with E-state index in [9.17, 15) is 14.4 Å². The van der Waals surface area contributed by atoms with E-state index in [1.165, 1.54) is 15.2 Å². The number of nitrogens with zero attached hydrogens (tertiary/aromatic N) is 5. The van der Waals surface area contributed by atoms with Gasteiger partial charge in [0.15, 0.2) is 11.2 Å². The number of furan rings is 1. The Hall–Kier alpha value is -3.89. The summed E-state index contributed by atoms with van der Waals surface area (Å²) in [6.45, 7) is 2.65. The maximum atomic E-state index is 12.4. The van der Waals surface area contributed by atoms with Crippen LogP contribution >= 0.6 is 0 Å². The second-order valence-corrected chi connectivity index (χ2v) is 7.07. The van der Waals surface area contributed by atoms with Crippen molar-refractivity contribution in [1.82, 2.24) is 28.9 Å². The summed E-state index contributed by atoms with van der Waals surface area (Å²) in [6, 6.07) is 5.00. The minimum absolute atomic E-state index is 0.0543. The zero-order valence-corrected chi connectivity index (χ0v) is 17.2. The Bertz CT molecular complexity index is 1320. The van der Waals surface area contributed by atoms with E-state index in [2.05, 4.69) is 15.1 Å². The number of aromatic amines is 1. The first-order valence-corrected chi connectivity index (χ1v) is 9.89. The minimum Gasteiger partial charge on any atom is -0.452 e. The number of aromatic nitrogens is 6. The number of aryl methyl sites for hydroxylation is 2. The van der Waals surface area contributed by atoms with Crippen LogP contribution in [0.15, 0.2) is 44.6 Å². The van der Waals surface area contributed by atoms with E-state index >= 15 is 0 Å². The van der Waals surface area contributed by atoms with Crippen LogP contribution in [0.1, 0.15) is 41.9 Å². The molecule has 0 atom stereocenters. The topological polar surface area (TPSA) is 130 Å². The molecular formula is C20H22N6O5. The molecule has 4 aromatic rings. The van der Waals surface area contributed by atoms with E-state index in [1.54, 1.807) is 36.3 Å². The maximum absolute atomic E-state index is 12.4. The van der Waals surface area contributed by atoms with E-state index in [4.69, 9.17) is 9.15 Å². The molecule has 31 heavy (non-hydrogen) atoms. The number of H-pyrrole nitrogens is 1. The Morgan fingerprint density at radius 1 is 1.29 bits per heavy atom. The van der Waals surface area contributed by atoms with E-state index in [-0.39, 0.29) is 23.5 Å². The molecule has 0 radical (unpaired) electrons. The number of esters is 1. The molecule has 0 bridgehead atoms. The van der Waals surface area contributed by atoms with E-state index < -0.39 is 17.2 Å². The van der Waals surface area contributed by atoms with Crippen molar-refractivity contribution in [1.29, 1.82) is 0 Å². The van der Waals surface area contributed by atoms with Crippen LogP contribution in [-0.2, 0) is 31.5 Å². The van der Waals surface area contributed by atoms with Crippen LogP contribution < -0.4 is 11.2 Å². The average molecular weight is 426 g/mol. The molecule has 4 rings (SSSR count). The highest BCUT2D eigenvalue weighted by Crippen LogP contribution is 2.14. The second kappa shape index (κ2) is 8.46. The van der Waals surface area contributed by atoms with Gasteiger partial charge in [-0.2, -0.15) is 5.10 Å². The molecule has 0 saturated carbocycles. The minimum atomic E-state index is -0.656. The maximum Gasteiger partial charge on any atom is 0.374 e. The van der Waals surface area contributed by atoms with Crippen molar-refractivity contribution in [2.24, 2.45) is 7.05 Å². The van der Waals surface area contributed by atoms with Crippen molar-refractivity contribution < 1.29 is 13.9 Å². The Kier molecular flexibility index (Phi) is 5.56. The molecule has 1 N–H and O–H groups in total. The number of rotatable bonds is 8. The fraction of sp³-hybridized carbons (Fsp3) is 0.350. The summed E-state index contributed by atoms with van der Waals surface area (Å²) in [6.07, 6.45) is 5.09. The number of ether oxygens (including phenoxy) is 1. The van der Waals surface area contributed by atoms with Crippen molar-refractivity contribution in [3.63, 3.8) is 0 Å².